The summed E-state index contributed by atoms with van der Waals surface area (Å²) in [5, 5.41) is 0. The van der Waals surface area contributed by atoms with Crippen molar-refractivity contribution in [3.8, 4) is 5.75 Å². The van der Waals surface area contributed by atoms with Crippen LogP contribution in [0.15, 0.2) is 36.9 Å². The van der Waals surface area contributed by atoms with Gasteiger partial charge in [0.15, 0.2) is 0 Å². The van der Waals surface area contributed by atoms with Gasteiger partial charge in [-0.2, -0.15) is 0 Å². The quantitative estimate of drug-likeness (QED) is 0.214. The highest BCUT2D eigenvalue weighted by Crippen LogP contribution is 2.15. The Balaban J connectivity index is 1.94. The van der Waals surface area contributed by atoms with Gasteiger partial charge < -0.3 is 18.9 Å². The number of benzene rings is 1. The average Bonchev–Trinajstić information content (AvgIpc) is 2.72. The number of rotatable bonds is 20. The summed E-state index contributed by atoms with van der Waals surface area (Å²) < 4.78 is 21.8. The highest BCUT2D eigenvalue weighted by molar-refractivity contribution is 5.27. The van der Waals surface area contributed by atoms with E-state index in [0.29, 0.717) is 46.2 Å². The minimum atomic E-state index is 0.555. The zero-order valence-corrected chi connectivity index (χ0v) is 17.8. The van der Waals surface area contributed by atoms with Crippen LogP contribution in [-0.4, -0.2) is 46.2 Å². The third-order valence-corrected chi connectivity index (χ3v) is 4.47. The van der Waals surface area contributed by atoms with Crippen molar-refractivity contribution in [2.75, 3.05) is 46.2 Å². The largest absolute Gasteiger partial charge is 0.491 e. The summed E-state index contributed by atoms with van der Waals surface area (Å²) in [5.41, 5.74) is 1.39. The Hall–Kier alpha value is -1.36. The SMILES string of the molecule is C=CCOCCOCCOCCOc1ccc(CCCCCCCCC)cc1. The van der Waals surface area contributed by atoms with Crippen molar-refractivity contribution in [3.05, 3.63) is 42.5 Å². The zero-order valence-electron chi connectivity index (χ0n) is 17.8. The maximum absolute atomic E-state index is 5.72. The summed E-state index contributed by atoms with van der Waals surface area (Å²) in [7, 11) is 0. The van der Waals surface area contributed by atoms with Gasteiger partial charge in [-0.1, -0.05) is 63.7 Å². The number of hydrogen-bond acceptors (Lipinski definition) is 4. The molecule has 0 saturated carbocycles. The molecule has 160 valence electrons. The molecule has 0 aromatic heterocycles. The van der Waals surface area contributed by atoms with Crippen LogP contribution in [-0.2, 0) is 20.6 Å². The summed E-state index contributed by atoms with van der Waals surface area (Å²) in [4.78, 5) is 0. The number of unbranched alkanes of at least 4 members (excludes halogenated alkanes) is 6. The monoisotopic (exact) mass is 392 g/mol. The predicted octanol–water partition coefficient (Wildman–Crippen LogP) is 5.59. The van der Waals surface area contributed by atoms with E-state index in [0.717, 1.165) is 12.2 Å². The molecule has 1 aromatic carbocycles. The average molecular weight is 393 g/mol. The molecule has 0 bridgehead atoms. The lowest BCUT2D eigenvalue weighted by Gasteiger charge is -2.09. The Labute approximate surface area is 172 Å². The molecule has 1 aromatic rings. The van der Waals surface area contributed by atoms with Crippen LogP contribution < -0.4 is 4.74 Å². The smallest absolute Gasteiger partial charge is 0.119 e. The first-order chi connectivity index (χ1) is 13.9. The Bertz CT molecular complexity index is 458. The molecule has 0 aliphatic rings. The van der Waals surface area contributed by atoms with Crippen LogP contribution >= 0.6 is 0 Å². The first-order valence-corrected chi connectivity index (χ1v) is 10.9. The van der Waals surface area contributed by atoms with Crippen LogP contribution in [0.4, 0.5) is 0 Å². The number of aryl methyl sites for hydroxylation is 1. The number of hydrogen-bond donors (Lipinski definition) is 0. The molecule has 0 heterocycles. The first-order valence-electron chi connectivity index (χ1n) is 10.9. The summed E-state index contributed by atoms with van der Waals surface area (Å²) in [6, 6.07) is 8.47. The topological polar surface area (TPSA) is 36.9 Å². The minimum Gasteiger partial charge on any atom is -0.491 e. The second-order valence-electron chi connectivity index (χ2n) is 6.95. The van der Waals surface area contributed by atoms with Crippen LogP contribution in [0.2, 0.25) is 0 Å². The maximum Gasteiger partial charge on any atom is 0.119 e. The van der Waals surface area contributed by atoms with Crippen LogP contribution in [0.1, 0.15) is 57.4 Å². The number of ether oxygens (including phenoxy) is 4. The summed E-state index contributed by atoms with van der Waals surface area (Å²) in [6.07, 6.45) is 12.4. The summed E-state index contributed by atoms with van der Waals surface area (Å²) >= 11 is 0. The Morgan fingerprint density at radius 3 is 1.93 bits per heavy atom. The van der Waals surface area contributed by atoms with Gasteiger partial charge in [0.25, 0.3) is 0 Å². The molecule has 0 saturated heterocycles. The first kappa shape index (κ1) is 24.7. The molecule has 0 fully saturated rings. The van der Waals surface area contributed by atoms with E-state index in [-0.39, 0.29) is 0 Å². The third-order valence-electron chi connectivity index (χ3n) is 4.47. The van der Waals surface area contributed by atoms with E-state index in [2.05, 4.69) is 37.8 Å². The molecule has 0 unspecified atom stereocenters. The van der Waals surface area contributed by atoms with E-state index in [1.807, 2.05) is 0 Å². The molecule has 1 rings (SSSR count). The van der Waals surface area contributed by atoms with Crippen molar-refractivity contribution in [1.82, 2.24) is 0 Å². The van der Waals surface area contributed by atoms with E-state index in [4.69, 9.17) is 18.9 Å². The van der Waals surface area contributed by atoms with Gasteiger partial charge in [0, 0.05) is 0 Å². The third kappa shape index (κ3) is 14.7. The van der Waals surface area contributed by atoms with Crippen molar-refractivity contribution in [3.63, 3.8) is 0 Å². The fourth-order valence-corrected chi connectivity index (χ4v) is 2.86. The predicted molar refractivity (Wildman–Crippen MR) is 116 cm³/mol. The molecule has 0 amide bonds. The fraction of sp³-hybridized carbons (Fsp3) is 0.667. The molecule has 4 heteroatoms. The van der Waals surface area contributed by atoms with E-state index in [9.17, 15) is 0 Å². The van der Waals surface area contributed by atoms with Gasteiger partial charge >= 0.3 is 0 Å². The lowest BCUT2D eigenvalue weighted by molar-refractivity contribution is 0.0135. The van der Waals surface area contributed by atoms with Gasteiger partial charge in [0.2, 0.25) is 0 Å². The van der Waals surface area contributed by atoms with Crippen molar-refractivity contribution in [2.24, 2.45) is 0 Å². The van der Waals surface area contributed by atoms with E-state index >= 15 is 0 Å². The maximum atomic E-state index is 5.72. The molecule has 0 N–H and O–H groups in total. The van der Waals surface area contributed by atoms with Crippen LogP contribution in [0.5, 0.6) is 5.75 Å². The van der Waals surface area contributed by atoms with Crippen molar-refractivity contribution in [2.45, 2.75) is 58.3 Å². The normalized spacial score (nSPS) is 10.9. The zero-order chi connectivity index (χ0) is 20.1. The second-order valence-corrected chi connectivity index (χ2v) is 6.95. The van der Waals surface area contributed by atoms with Gasteiger partial charge in [-0.15, -0.1) is 6.58 Å². The molecule has 4 nitrogen and oxygen atoms in total. The van der Waals surface area contributed by atoms with E-state index in [1.54, 1.807) is 6.08 Å². The highest BCUT2D eigenvalue weighted by atomic mass is 16.6. The Kier molecular flexibility index (Phi) is 16.7. The molecule has 0 aliphatic carbocycles. The molecule has 28 heavy (non-hydrogen) atoms. The molecule has 0 spiro atoms. The van der Waals surface area contributed by atoms with Crippen molar-refractivity contribution >= 4 is 0 Å². The van der Waals surface area contributed by atoms with Gasteiger partial charge in [-0.25, -0.2) is 0 Å². The molecule has 0 atom stereocenters. The van der Waals surface area contributed by atoms with Crippen LogP contribution in [0.3, 0.4) is 0 Å². The van der Waals surface area contributed by atoms with Crippen molar-refractivity contribution in [1.29, 1.82) is 0 Å². The van der Waals surface area contributed by atoms with E-state index < -0.39 is 0 Å². The lowest BCUT2D eigenvalue weighted by atomic mass is 10.0. The second kappa shape index (κ2) is 19.0. The van der Waals surface area contributed by atoms with E-state index in [1.165, 1.54) is 50.5 Å². The van der Waals surface area contributed by atoms with Gasteiger partial charge in [0.05, 0.1) is 39.6 Å². The van der Waals surface area contributed by atoms with Gasteiger partial charge in [-0.05, 0) is 30.5 Å². The lowest BCUT2D eigenvalue weighted by Crippen LogP contribution is -2.12. The molecular formula is C24H40O4. The molecule has 0 aliphatic heterocycles. The molecule has 0 radical (unpaired) electrons. The van der Waals surface area contributed by atoms with Gasteiger partial charge in [-0.3, -0.25) is 0 Å². The van der Waals surface area contributed by atoms with Crippen LogP contribution in [0.25, 0.3) is 0 Å². The van der Waals surface area contributed by atoms with Crippen LogP contribution in [0, 0.1) is 0 Å². The fourth-order valence-electron chi connectivity index (χ4n) is 2.86. The Morgan fingerprint density at radius 2 is 1.29 bits per heavy atom. The molecular weight excluding hydrogens is 352 g/mol. The van der Waals surface area contributed by atoms with Crippen molar-refractivity contribution < 1.29 is 18.9 Å². The summed E-state index contributed by atoms with van der Waals surface area (Å²) in [6.45, 7) is 9.86. The summed E-state index contributed by atoms with van der Waals surface area (Å²) in [5.74, 6) is 0.905. The standard InChI is InChI=1S/C24H40O4/c1-3-5-6-7-8-9-10-11-23-12-14-24(15-13-23)28-22-21-27-20-19-26-18-17-25-16-4-2/h4,12-15H,2-3,5-11,16-22H2,1H3. The minimum absolute atomic E-state index is 0.555. The van der Waals surface area contributed by atoms with Gasteiger partial charge in [0.1, 0.15) is 12.4 Å². The highest BCUT2D eigenvalue weighted by Gasteiger charge is 1.98. The Morgan fingerprint density at radius 1 is 0.714 bits per heavy atom.